The number of carbonyl (C=O) groups is 2. The van der Waals surface area contributed by atoms with E-state index in [2.05, 4.69) is 10.6 Å². The van der Waals surface area contributed by atoms with Gasteiger partial charge >= 0.3 is 11.8 Å². The molecule has 1 rings (SSSR count). The summed E-state index contributed by atoms with van der Waals surface area (Å²) in [5, 5.41) is 5.26. The lowest BCUT2D eigenvalue weighted by atomic mass is 10.1. The summed E-state index contributed by atoms with van der Waals surface area (Å²) in [5.41, 5.74) is 0.917. The Bertz CT molecular complexity index is 443. The molecule has 0 radical (unpaired) electrons. The van der Waals surface area contributed by atoms with E-state index in [1.54, 1.807) is 7.11 Å². The highest BCUT2D eigenvalue weighted by molar-refractivity contribution is 6.35. The van der Waals surface area contributed by atoms with Crippen molar-refractivity contribution in [2.75, 3.05) is 13.7 Å². The van der Waals surface area contributed by atoms with Crippen LogP contribution in [-0.2, 0) is 9.59 Å². The van der Waals surface area contributed by atoms with Gasteiger partial charge in [-0.05, 0) is 31.0 Å². The normalized spacial score (nSPS) is 11.6. The lowest BCUT2D eigenvalue weighted by molar-refractivity contribution is -0.139. The molecule has 20 heavy (non-hydrogen) atoms. The summed E-state index contributed by atoms with van der Waals surface area (Å²) in [7, 11) is 1.60. The van der Waals surface area contributed by atoms with Gasteiger partial charge in [-0.1, -0.05) is 25.5 Å². The van der Waals surface area contributed by atoms with E-state index in [9.17, 15) is 9.59 Å². The van der Waals surface area contributed by atoms with Crippen LogP contribution >= 0.6 is 0 Å². The molecule has 0 fully saturated rings. The van der Waals surface area contributed by atoms with Crippen LogP contribution in [0.25, 0.3) is 0 Å². The van der Waals surface area contributed by atoms with Crippen LogP contribution in [0.4, 0.5) is 0 Å². The maximum Gasteiger partial charge on any atom is 0.309 e. The third-order valence-corrected chi connectivity index (χ3v) is 2.99. The molecule has 1 unspecified atom stereocenters. The zero-order valence-corrected chi connectivity index (χ0v) is 12.2. The van der Waals surface area contributed by atoms with Gasteiger partial charge in [0.1, 0.15) is 5.75 Å². The molecule has 2 amide bonds. The van der Waals surface area contributed by atoms with E-state index in [0.717, 1.165) is 24.2 Å². The maximum atomic E-state index is 11.7. The molecule has 2 N–H and O–H groups in total. The van der Waals surface area contributed by atoms with E-state index in [1.165, 1.54) is 0 Å². The summed E-state index contributed by atoms with van der Waals surface area (Å²) in [4.78, 5) is 23.2. The number of amides is 2. The van der Waals surface area contributed by atoms with E-state index in [0.29, 0.717) is 6.54 Å². The van der Waals surface area contributed by atoms with E-state index in [1.807, 2.05) is 38.1 Å². The molecule has 1 aromatic rings. The predicted octanol–water partition coefficient (Wildman–Crippen LogP) is 1.79. The van der Waals surface area contributed by atoms with Crippen LogP contribution in [0.2, 0.25) is 0 Å². The Morgan fingerprint density at radius 2 is 1.85 bits per heavy atom. The van der Waals surface area contributed by atoms with Crippen molar-refractivity contribution in [3.63, 3.8) is 0 Å². The molecule has 0 saturated heterocycles. The first-order chi connectivity index (χ1) is 9.58. The highest BCUT2D eigenvalue weighted by Crippen LogP contribution is 2.16. The zero-order chi connectivity index (χ0) is 15.0. The van der Waals surface area contributed by atoms with Gasteiger partial charge in [0.05, 0.1) is 13.2 Å². The van der Waals surface area contributed by atoms with Crippen LogP contribution in [0.1, 0.15) is 38.3 Å². The van der Waals surface area contributed by atoms with Crippen LogP contribution in [0, 0.1) is 0 Å². The van der Waals surface area contributed by atoms with Crippen LogP contribution in [-0.4, -0.2) is 25.5 Å². The molecule has 0 spiro atoms. The summed E-state index contributed by atoms with van der Waals surface area (Å²) < 4.78 is 5.07. The van der Waals surface area contributed by atoms with Crippen LogP contribution in [0.15, 0.2) is 24.3 Å². The molecule has 110 valence electrons. The molecule has 0 aliphatic carbocycles. The zero-order valence-electron chi connectivity index (χ0n) is 12.2. The lowest BCUT2D eigenvalue weighted by Crippen LogP contribution is -2.41. The van der Waals surface area contributed by atoms with Gasteiger partial charge in [0, 0.05) is 6.54 Å². The summed E-state index contributed by atoms with van der Waals surface area (Å²) >= 11 is 0. The average Bonchev–Trinajstić information content (AvgIpc) is 2.47. The van der Waals surface area contributed by atoms with Gasteiger partial charge in [0.25, 0.3) is 0 Å². The molecule has 5 nitrogen and oxygen atoms in total. The number of nitrogens with one attached hydrogen (secondary N) is 2. The third-order valence-electron chi connectivity index (χ3n) is 2.99. The van der Waals surface area contributed by atoms with Crippen molar-refractivity contribution in [1.29, 1.82) is 0 Å². The van der Waals surface area contributed by atoms with Crippen molar-refractivity contribution in [3.8, 4) is 5.75 Å². The third kappa shape index (κ3) is 4.91. The number of carbonyl (C=O) groups excluding carboxylic acids is 2. The fourth-order valence-corrected chi connectivity index (χ4v) is 1.70. The van der Waals surface area contributed by atoms with Gasteiger partial charge in [-0.15, -0.1) is 0 Å². The molecular weight excluding hydrogens is 256 g/mol. The average molecular weight is 278 g/mol. The van der Waals surface area contributed by atoms with E-state index < -0.39 is 11.8 Å². The van der Waals surface area contributed by atoms with Crippen molar-refractivity contribution in [2.45, 2.75) is 32.7 Å². The molecule has 5 heteroatoms. The minimum absolute atomic E-state index is 0.231. The quantitative estimate of drug-likeness (QED) is 0.616. The molecular formula is C15H22N2O3. The van der Waals surface area contributed by atoms with Crippen LogP contribution in [0.5, 0.6) is 5.75 Å². The summed E-state index contributed by atoms with van der Waals surface area (Å²) in [6, 6.07) is 7.13. The first kappa shape index (κ1) is 16.0. The Hall–Kier alpha value is -2.04. The Morgan fingerprint density at radius 3 is 2.40 bits per heavy atom. The van der Waals surface area contributed by atoms with Gasteiger partial charge in [0.2, 0.25) is 0 Å². The fraction of sp³-hybridized carbons (Fsp3) is 0.467. The highest BCUT2D eigenvalue weighted by atomic mass is 16.5. The van der Waals surface area contributed by atoms with Gasteiger partial charge in [-0.3, -0.25) is 9.59 Å². The minimum atomic E-state index is -0.607. The monoisotopic (exact) mass is 278 g/mol. The standard InChI is InChI=1S/C15H22N2O3/c1-4-5-10-16-14(18)15(19)17-11(2)12-6-8-13(20-3)9-7-12/h6-9,11H,4-5,10H2,1-3H3,(H,16,18)(H,17,19). The number of rotatable bonds is 6. The lowest BCUT2D eigenvalue weighted by Gasteiger charge is -2.14. The molecule has 1 atom stereocenters. The molecule has 0 bridgehead atoms. The molecule has 0 aromatic heterocycles. The summed E-state index contributed by atoms with van der Waals surface area (Å²) in [5.74, 6) is -0.437. The van der Waals surface area contributed by atoms with E-state index in [4.69, 9.17) is 4.74 Å². The molecule has 0 heterocycles. The summed E-state index contributed by atoms with van der Waals surface area (Å²) in [6.07, 6.45) is 1.84. The Morgan fingerprint density at radius 1 is 1.20 bits per heavy atom. The van der Waals surface area contributed by atoms with E-state index >= 15 is 0 Å². The number of methoxy groups -OCH3 is 1. The van der Waals surface area contributed by atoms with Gasteiger partial charge < -0.3 is 15.4 Å². The second-order valence-electron chi connectivity index (χ2n) is 4.58. The number of ether oxygens (including phenoxy) is 1. The second kappa shape index (κ2) is 8.19. The Kier molecular flexibility index (Phi) is 6.56. The van der Waals surface area contributed by atoms with Crippen molar-refractivity contribution >= 4 is 11.8 Å². The summed E-state index contributed by atoms with van der Waals surface area (Å²) in [6.45, 7) is 4.39. The van der Waals surface area contributed by atoms with Crippen LogP contribution < -0.4 is 15.4 Å². The van der Waals surface area contributed by atoms with Crippen molar-refractivity contribution < 1.29 is 14.3 Å². The molecule has 0 saturated carbocycles. The SMILES string of the molecule is CCCCNC(=O)C(=O)NC(C)c1ccc(OC)cc1. The fourth-order valence-electron chi connectivity index (χ4n) is 1.70. The molecule has 1 aromatic carbocycles. The number of hydrogen-bond donors (Lipinski definition) is 2. The predicted molar refractivity (Wildman–Crippen MR) is 77.5 cm³/mol. The topological polar surface area (TPSA) is 67.4 Å². The Balaban J connectivity index is 2.49. The smallest absolute Gasteiger partial charge is 0.309 e. The van der Waals surface area contributed by atoms with Crippen molar-refractivity contribution in [2.24, 2.45) is 0 Å². The van der Waals surface area contributed by atoms with Crippen molar-refractivity contribution in [3.05, 3.63) is 29.8 Å². The number of unbranched alkanes of at least 4 members (excludes halogenated alkanes) is 1. The highest BCUT2D eigenvalue weighted by Gasteiger charge is 2.16. The number of hydrogen-bond acceptors (Lipinski definition) is 3. The molecule has 0 aliphatic heterocycles. The first-order valence-electron chi connectivity index (χ1n) is 6.81. The van der Waals surface area contributed by atoms with E-state index in [-0.39, 0.29) is 6.04 Å². The van der Waals surface area contributed by atoms with Gasteiger partial charge in [0.15, 0.2) is 0 Å². The largest absolute Gasteiger partial charge is 0.497 e. The number of benzene rings is 1. The Labute approximate surface area is 119 Å². The van der Waals surface area contributed by atoms with Crippen molar-refractivity contribution in [1.82, 2.24) is 10.6 Å². The minimum Gasteiger partial charge on any atom is -0.497 e. The molecule has 0 aliphatic rings. The van der Waals surface area contributed by atoms with Gasteiger partial charge in [-0.2, -0.15) is 0 Å². The van der Waals surface area contributed by atoms with Gasteiger partial charge in [-0.25, -0.2) is 0 Å². The first-order valence-corrected chi connectivity index (χ1v) is 6.81. The second-order valence-corrected chi connectivity index (χ2v) is 4.58. The maximum absolute atomic E-state index is 11.7. The van der Waals surface area contributed by atoms with Crippen LogP contribution in [0.3, 0.4) is 0 Å².